The first kappa shape index (κ1) is 14.5. The van der Waals surface area contributed by atoms with Gasteiger partial charge in [-0.05, 0) is 25.1 Å². The highest BCUT2D eigenvalue weighted by Gasteiger charge is 2.18. The average Bonchev–Trinajstić information content (AvgIpc) is 2.47. The summed E-state index contributed by atoms with van der Waals surface area (Å²) in [7, 11) is 0. The number of ether oxygens (including phenoxy) is 1. The SMILES string of the molecule is CC(N)c1ccccc1Oc1ccc(C#N)cc1[N+](=O)[O-]. The Morgan fingerprint density at radius 3 is 2.62 bits per heavy atom. The molecule has 0 aromatic heterocycles. The van der Waals surface area contributed by atoms with Crippen molar-refractivity contribution in [3.8, 4) is 17.6 Å². The predicted octanol–water partition coefficient (Wildman–Crippen LogP) is 3.28. The molecule has 0 heterocycles. The first-order chi connectivity index (χ1) is 10.0. The van der Waals surface area contributed by atoms with E-state index in [1.54, 1.807) is 25.1 Å². The zero-order valence-electron chi connectivity index (χ0n) is 11.3. The van der Waals surface area contributed by atoms with Crippen LogP contribution in [0.25, 0.3) is 0 Å². The summed E-state index contributed by atoms with van der Waals surface area (Å²) in [5, 5.41) is 19.9. The first-order valence-corrected chi connectivity index (χ1v) is 6.24. The largest absolute Gasteiger partial charge is 0.450 e. The zero-order valence-corrected chi connectivity index (χ0v) is 11.3. The highest BCUT2D eigenvalue weighted by molar-refractivity contribution is 5.54. The molecule has 6 nitrogen and oxygen atoms in total. The molecule has 0 bridgehead atoms. The second-order valence-electron chi connectivity index (χ2n) is 4.48. The summed E-state index contributed by atoms with van der Waals surface area (Å²) in [6.45, 7) is 1.80. The van der Waals surface area contributed by atoms with Gasteiger partial charge in [-0.25, -0.2) is 0 Å². The van der Waals surface area contributed by atoms with Gasteiger partial charge in [-0.1, -0.05) is 18.2 Å². The quantitative estimate of drug-likeness (QED) is 0.685. The summed E-state index contributed by atoms with van der Waals surface area (Å²) in [5.41, 5.74) is 6.55. The van der Waals surface area contributed by atoms with Crippen molar-refractivity contribution < 1.29 is 9.66 Å². The van der Waals surface area contributed by atoms with E-state index in [2.05, 4.69) is 0 Å². The topological polar surface area (TPSA) is 102 Å². The monoisotopic (exact) mass is 283 g/mol. The van der Waals surface area contributed by atoms with Gasteiger partial charge >= 0.3 is 5.69 Å². The van der Waals surface area contributed by atoms with Crippen molar-refractivity contribution >= 4 is 5.69 Å². The third-order valence-electron chi connectivity index (χ3n) is 2.91. The van der Waals surface area contributed by atoms with Gasteiger partial charge < -0.3 is 10.5 Å². The summed E-state index contributed by atoms with van der Waals surface area (Å²) in [5.74, 6) is 0.535. The maximum atomic E-state index is 11.1. The van der Waals surface area contributed by atoms with Crippen molar-refractivity contribution in [1.82, 2.24) is 0 Å². The normalized spacial score (nSPS) is 11.5. The second kappa shape index (κ2) is 6.03. The molecule has 2 N–H and O–H groups in total. The predicted molar refractivity (Wildman–Crippen MR) is 76.9 cm³/mol. The van der Waals surface area contributed by atoms with Crippen LogP contribution in [0.3, 0.4) is 0 Å². The Morgan fingerprint density at radius 1 is 1.29 bits per heavy atom. The minimum Gasteiger partial charge on any atom is -0.450 e. The summed E-state index contributed by atoms with van der Waals surface area (Å²) in [6, 6.07) is 12.7. The summed E-state index contributed by atoms with van der Waals surface area (Å²) < 4.78 is 5.63. The summed E-state index contributed by atoms with van der Waals surface area (Å²) in [6.07, 6.45) is 0. The molecule has 0 aliphatic heterocycles. The maximum Gasteiger partial charge on any atom is 0.312 e. The maximum absolute atomic E-state index is 11.1. The number of nitro benzene ring substituents is 1. The van der Waals surface area contributed by atoms with Crippen molar-refractivity contribution in [2.24, 2.45) is 5.73 Å². The molecule has 0 aliphatic carbocycles. The summed E-state index contributed by atoms with van der Waals surface area (Å²) >= 11 is 0. The molecule has 2 aromatic rings. The third-order valence-corrected chi connectivity index (χ3v) is 2.91. The smallest absolute Gasteiger partial charge is 0.312 e. The molecular formula is C15H13N3O3. The molecule has 0 fully saturated rings. The van der Waals surface area contributed by atoms with Gasteiger partial charge in [0.2, 0.25) is 5.75 Å². The van der Waals surface area contributed by atoms with E-state index in [-0.39, 0.29) is 23.0 Å². The van der Waals surface area contributed by atoms with Crippen molar-refractivity contribution in [3.05, 3.63) is 63.7 Å². The van der Waals surface area contributed by atoms with E-state index in [9.17, 15) is 10.1 Å². The van der Waals surface area contributed by atoms with Crippen molar-refractivity contribution in [2.75, 3.05) is 0 Å². The number of para-hydroxylation sites is 1. The van der Waals surface area contributed by atoms with Gasteiger partial charge in [0.15, 0.2) is 0 Å². The lowest BCUT2D eigenvalue weighted by Gasteiger charge is -2.13. The molecule has 21 heavy (non-hydrogen) atoms. The van der Waals surface area contributed by atoms with Gasteiger partial charge in [0.25, 0.3) is 0 Å². The Hall–Kier alpha value is -2.91. The van der Waals surface area contributed by atoms with Gasteiger partial charge in [0.1, 0.15) is 5.75 Å². The third kappa shape index (κ3) is 3.16. The molecule has 0 saturated heterocycles. The van der Waals surface area contributed by atoms with Crippen LogP contribution in [0.5, 0.6) is 11.5 Å². The molecule has 0 amide bonds. The molecule has 2 aromatic carbocycles. The highest BCUT2D eigenvalue weighted by Crippen LogP contribution is 2.34. The fourth-order valence-electron chi connectivity index (χ4n) is 1.88. The molecule has 1 atom stereocenters. The number of rotatable bonds is 4. The molecule has 6 heteroatoms. The lowest BCUT2D eigenvalue weighted by Crippen LogP contribution is -2.06. The molecule has 0 spiro atoms. The Bertz CT molecular complexity index is 720. The lowest BCUT2D eigenvalue weighted by molar-refractivity contribution is -0.385. The number of nitrogens with two attached hydrogens (primary N) is 1. The van der Waals surface area contributed by atoms with Gasteiger partial charge in [-0.3, -0.25) is 10.1 Å². The number of nitriles is 1. The van der Waals surface area contributed by atoms with Crippen LogP contribution in [0, 0.1) is 21.4 Å². The van der Waals surface area contributed by atoms with Crippen LogP contribution in [0.2, 0.25) is 0 Å². The van der Waals surface area contributed by atoms with Crippen LogP contribution in [0.4, 0.5) is 5.69 Å². The number of hydrogen-bond acceptors (Lipinski definition) is 5. The number of hydrogen-bond donors (Lipinski definition) is 1. The number of benzene rings is 2. The van der Waals surface area contributed by atoms with Gasteiger partial charge in [-0.15, -0.1) is 0 Å². The fraction of sp³-hybridized carbons (Fsp3) is 0.133. The average molecular weight is 283 g/mol. The molecule has 1 unspecified atom stereocenters. The van der Waals surface area contributed by atoms with E-state index in [0.29, 0.717) is 5.75 Å². The standard InChI is InChI=1S/C15H13N3O3/c1-10(17)12-4-2-3-5-14(12)21-15-7-6-11(9-16)8-13(15)18(19)20/h2-8,10H,17H2,1H3. The molecule has 106 valence electrons. The summed E-state index contributed by atoms with van der Waals surface area (Å²) in [4.78, 5) is 10.5. The van der Waals surface area contributed by atoms with Crippen molar-refractivity contribution in [1.29, 1.82) is 5.26 Å². The second-order valence-corrected chi connectivity index (χ2v) is 4.48. The van der Waals surface area contributed by atoms with Crippen LogP contribution in [0.15, 0.2) is 42.5 Å². The zero-order chi connectivity index (χ0) is 15.4. The van der Waals surface area contributed by atoms with E-state index < -0.39 is 4.92 Å². The Kier molecular flexibility index (Phi) is 4.16. The Morgan fingerprint density at radius 2 is 2.00 bits per heavy atom. The van der Waals surface area contributed by atoms with E-state index in [4.69, 9.17) is 15.7 Å². The van der Waals surface area contributed by atoms with E-state index in [1.165, 1.54) is 18.2 Å². The van der Waals surface area contributed by atoms with Gasteiger partial charge in [0.05, 0.1) is 16.6 Å². The van der Waals surface area contributed by atoms with Crippen LogP contribution in [-0.2, 0) is 0 Å². The minimum absolute atomic E-state index is 0.0760. The molecule has 0 saturated carbocycles. The number of nitro groups is 1. The van der Waals surface area contributed by atoms with E-state index in [1.807, 2.05) is 12.1 Å². The molecular weight excluding hydrogens is 270 g/mol. The molecule has 0 radical (unpaired) electrons. The Balaban J connectivity index is 2.45. The lowest BCUT2D eigenvalue weighted by atomic mass is 10.1. The van der Waals surface area contributed by atoms with E-state index in [0.717, 1.165) is 5.56 Å². The van der Waals surface area contributed by atoms with Crippen molar-refractivity contribution in [3.63, 3.8) is 0 Å². The fourth-order valence-corrected chi connectivity index (χ4v) is 1.88. The number of nitrogens with zero attached hydrogens (tertiary/aromatic N) is 2. The van der Waals surface area contributed by atoms with Crippen LogP contribution >= 0.6 is 0 Å². The van der Waals surface area contributed by atoms with E-state index >= 15 is 0 Å². The van der Waals surface area contributed by atoms with Gasteiger partial charge in [-0.2, -0.15) is 5.26 Å². The minimum atomic E-state index is -0.579. The highest BCUT2D eigenvalue weighted by atomic mass is 16.6. The van der Waals surface area contributed by atoms with Crippen LogP contribution < -0.4 is 10.5 Å². The molecule has 2 rings (SSSR count). The van der Waals surface area contributed by atoms with Crippen molar-refractivity contribution in [2.45, 2.75) is 13.0 Å². The Labute approximate surface area is 121 Å². The first-order valence-electron chi connectivity index (χ1n) is 6.24. The van der Waals surface area contributed by atoms with Crippen LogP contribution in [0.1, 0.15) is 24.1 Å². The van der Waals surface area contributed by atoms with Crippen LogP contribution in [-0.4, -0.2) is 4.92 Å². The molecule has 0 aliphatic rings. The van der Waals surface area contributed by atoms with Gasteiger partial charge in [0, 0.05) is 17.7 Å².